The smallest absolute Gasteiger partial charge is 0.339 e. The maximum absolute atomic E-state index is 13.1. The molecule has 20 heteroatoms. The van der Waals surface area contributed by atoms with Gasteiger partial charge in [-0.1, -0.05) is 0 Å². The van der Waals surface area contributed by atoms with Crippen molar-refractivity contribution in [1.82, 2.24) is 5.43 Å². The fourth-order valence-corrected chi connectivity index (χ4v) is 4.72. The lowest BCUT2D eigenvalue weighted by Gasteiger charge is -2.17. The quantitative estimate of drug-likeness (QED) is 0.0325. The van der Waals surface area contributed by atoms with E-state index < -0.39 is 65.4 Å². The molecule has 0 spiro atoms. The minimum atomic E-state index is -4.84. The number of aliphatic carboxylic acids is 1. The molecule has 2 aliphatic carbocycles. The molecular formula is C31H24N10O9S. The van der Waals surface area contributed by atoms with Gasteiger partial charge in [-0.05, 0) is 85.0 Å². The van der Waals surface area contributed by atoms with Crippen molar-refractivity contribution in [1.29, 1.82) is 0 Å². The van der Waals surface area contributed by atoms with Crippen molar-refractivity contribution in [2.45, 2.75) is 0 Å². The number of hydrazine groups is 1. The molecule has 0 fully saturated rings. The minimum Gasteiger partial charge on any atom is -0.478 e. The predicted octanol–water partition coefficient (Wildman–Crippen LogP) is -0.596. The first-order valence-electron chi connectivity index (χ1n) is 14.2. The van der Waals surface area contributed by atoms with Crippen LogP contribution in [0.1, 0.15) is 0 Å². The number of hydrogen-bond acceptors (Lipinski definition) is 17. The number of carboxylic acid groups (broad SMARTS) is 1. The number of hydrazone groups is 1. The number of nitrogens with zero attached hydrogens (tertiary/aromatic N) is 4. The van der Waals surface area contributed by atoms with Crippen LogP contribution in [-0.2, 0) is 24.5 Å². The molecule has 3 aromatic rings. The highest BCUT2D eigenvalue weighted by atomic mass is 32.2. The van der Waals surface area contributed by atoms with Crippen LogP contribution in [0, 0.1) is 0 Å². The zero-order chi connectivity index (χ0) is 36.9. The number of benzene rings is 3. The van der Waals surface area contributed by atoms with Gasteiger partial charge >= 0.3 is 5.97 Å². The van der Waals surface area contributed by atoms with Crippen LogP contribution in [0.15, 0.2) is 131 Å². The third-order valence-electron chi connectivity index (χ3n) is 6.78. The molecule has 0 unspecified atom stereocenters. The topological polar surface area (TPSA) is 310 Å². The van der Waals surface area contributed by atoms with E-state index in [0.717, 1.165) is 36.4 Å². The Hall–Kier alpha value is -7.32. The maximum Gasteiger partial charge on any atom is 0.339 e. The normalized spacial score (nSPS) is 16.8. The van der Waals surface area contributed by atoms with Crippen LogP contribution in [0.5, 0.6) is 0 Å². The summed E-state index contributed by atoms with van der Waals surface area (Å²) in [5.74, 6) is -2.92. The van der Waals surface area contributed by atoms with Crippen molar-refractivity contribution in [2.24, 2.45) is 20.4 Å². The van der Waals surface area contributed by atoms with Gasteiger partial charge in [0.25, 0.3) is 10.1 Å². The van der Waals surface area contributed by atoms with Gasteiger partial charge in [-0.3, -0.25) is 45.4 Å². The second-order valence-corrected chi connectivity index (χ2v) is 11.8. The van der Waals surface area contributed by atoms with E-state index in [1.165, 1.54) is 36.4 Å². The second-order valence-electron chi connectivity index (χ2n) is 10.4. The van der Waals surface area contributed by atoms with E-state index in [1.54, 1.807) is 12.1 Å². The average molecular weight is 713 g/mol. The number of ketones is 2. The monoisotopic (exact) mass is 712 g/mol. The molecule has 51 heavy (non-hydrogen) atoms. The van der Waals surface area contributed by atoms with E-state index in [9.17, 15) is 36.9 Å². The van der Waals surface area contributed by atoms with Crippen LogP contribution in [0.2, 0.25) is 0 Å². The van der Waals surface area contributed by atoms with Crippen molar-refractivity contribution in [3.05, 3.63) is 132 Å². The Morgan fingerprint density at radius 2 is 1.47 bits per heavy atom. The molecule has 0 aliphatic heterocycles. The number of nitrogens with two attached hydrogens (primary N) is 2. The molecule has 0 amide bonds. The van der Waals surface area contributed by atoms with Crippen LogP contribution in [0.3, 0.4) is 0 Å². The zero-order valence-corrected chi connectivity index (χ0v) is 26.5. The number of rotatable bonds is 10. The summed E-state index contributed by atoms with van der Waals surface area (Å²) in [6.07, 6.45) is 5.12. The van der Waals surface area contributed by atoms with Crippen molar-refractivity contribution < 1.29 is 32.5 Å². The average Bonchev–Trinajstić information content (AvgIpc) is 3.08. The Morgan fingerprint density at radius 1 is 0.784 bits per heavy atom. The van der Waals surface area contributed by atoms with E-state index in [0.29, 0.717) is 17.1 Å². The SMILES string of the molecule is Nc1ccc(NNC2=CC(S(=O)(=O)O)=C/C(=N\N=c3\ccc(=O)/c(=N\Nc4ccc(N/N=C5\C=CC(=O)C(C(=O)O)=C5)cc4)c3=O)C2=O)c(N)c1. The Bertz CT molecular complexity index is 2530. The fourth-order valence-electron chi connectivity index (χ4n) is 4.19. The third kappa shape index (κ3) is 8.40. The standard InChI is InChI=1S/C31H24N10O9S/c32-15-1-7-22(21(33)11-15)37-39-24-13-19(51(48,49)50)14-25(29(24)44)40-38-23-8-10-27(43)28(30(23)45)41-35-17-4-2-16(3-5-17)34-36-18-6-9-26(42)20(12-18)31(46)47/h1-14,34-35,37,39H,32-33H2,(H,46,47)(H,48,49,50)/b36-18+,38-23-,40-25+,41-28+. The highest BCUT2D eigenvalue weighted by Gasteiger charge is 2.26. The Labute approximate surface area is 285 Å². The molecule has 0 heterocycles. The van der Waals surface area contributed by atoms with Crippen LogP contribution < -0.4 is 54.7 Å². The van der Waals surface area contributed by atoms with Crippen molar-refractivity contribution in [3.63, 3.8) is 0 Å². The maximum atomic E-state index is 13.1. The fraction of sp³-hybridized carbons (Fsp3) is 0. The minimum absolute atomic E-state index is 0.193. The van der Waals surface area contributed by atoms with E-state index in [2.05, 4.69) is 42.1 Å². The number of allylic oxidation sites excluding steroid dienone is 6. The molecule has 3 aromatic carbocycles. The first kappa shape index (κ1) is 35.0. The van der Waals surface area contributed by atoms with E-state index in [1.807, 2.05) is 0 Å². The summed E-state index contributed by atoms with van der Waals surface area (Å²) in [6.45, 7) is 0. The highest BCUT2D eigenvalue weighted by Crippen LogP contribution is 2.22. The number of carboxylic acids is 1. The van der Waals surface area contributed by atoms with Crippen LogP contribution in [0.4, 0.5) is 28.4 Å². The van der Waals surface area contributed by atoms with Gasteiger partial charge in [0.05, 0.1) is 33.4 Å². The van der Waals surface area contributed by atoms with E-state index in [4.69, 9.17) is 16.6 Å². The molecule has 5 rings (SSSR count). The van der Waals surface area contributed by atoms with Crippen molar-refractivity contribution in [2.75, 3.05) is 27.7 Å². The number of nitrogens with one attached hydrogen (secondary N) is 4. The zero-order valence-electron chi connectivity index (χ0n) is 25.7. The van der Waals surface area contributed by atoms with Gasteiger partial charge in [-0.15, -0.1) is 10.2 Å². The number of nitrogen functional groups attached to an aromatic ring is 2. The van der Waals surface area contributed by atoms with Crippen LogP contribution >= 0.6 is 0 Å². The molecule has 2 aliphatic rings. The number of carbonyl (C=O) groups excluding carboxylic acids is 2. The third-order valence-corrected chi connectivity index (χ3v) is 7.61. The Morgan fingerprint density at radius 3 is 2.12 bits per heavy atom. The van der Waals surface area contributed by atoms with Crippen LogP contribution in [0.25, 0.3) is 0 Å². The molecule has 10 N–H and O–H groups in total. The van der Waals surface area contributed by atoms with Crippen LogP contribution in [-0.4, -0.2) is 47.0 Å². The summed E-state index contributed by atoms with van der Waals surface area (Å²) < 4.78 is 33.5. The van der Waals surface area contributed by atoms with E-state index >= 15 is 0 Å². The highest BCUT2D eigenvalue weighted by molar-refractivity contribution is 7.90. The largest absolute Gasteiger partial charge is 0.478 e. The van der Waals surface area contributed by atoms with Gasteiger partial charge < -0.3 is 16.6 Å². The number of anilines is 5. The molecule has 0 saturated heterocycles. The van der Waals surface area contributed by atoms with E-state index in [-0.39, 0.29) is 22.8 Å². The summed E-state index contributed by atoms with van der Waals surface area (Å²) in [7, 11) is -4.84. The lowest BCUT2D eigenvalue weighted by Crippen LogP contribution is -2.47. The molecule has 0 bridgehead atoms. The molecule has 0 aromatic heterocycles. The lowest BCUT2D eigenvalue weighted by atomic mass is 10.0. The molecule has 0 saturated carbocycles. The molecular weight excluding hydrogens is 688 g/mol. The molecule has 0 atom stereocenters. The molecule has 19 nitrogen and oxygen atoms in total. The number of hydrogen-bond donors (Lipinski definition) is 8. The number of carbonyl (C=O) groups is 3. The van der Waals surface area contributed by atoms with Crippen molar-refractivity contribution >= 4 is 67.5 Å². The van der Waals surface area contributed by atoms with Gasteiger partial charge in [-0.2, -0.15) is 18.6 Å². The van der Waals surface area contributed by atoms with Gasteiger partial charge in [0.1, 0.15) is 22.3 Å². The molecule has 258 valence electrons. The first-order valence-corrected chi connectivity index (χ1v) is 15.6. The summed E-state index contributed by atoms with van der Waals surface area (Å²) in [4.78, 5) is 60.7. The lowest BCUT2D eigenvalue weighted by molar-refractivity contribution is -0.134. The Kier molecular flexibility index (Phi) is 9.90. The van der Waals surface area contributed by atoms with Gasteiger partial charge in [0.2, 0.25) is 16.6 Å². The summed E-state index contributed by atoms with van der Waals surface area (Å²) in [6, 6.07) is 12.6. The Balaban J connectivity index is 1.36. The predicted molar refractivity (Wildman–Crippen MR) is 186 cm³/mol. The summed E-state index contributed by atoms with van der Waals surface area (Å²) in [5.41, 5.74) is 20.6. The van der Waals surface area contributed by atoms with Gasteiger partial charge in [0, 0.05) is 5.69 Å². The van der Waals surface area contributed by atoms with Gasteiger partial charge in [0.15, 0.2) is 11.1 Å². The van der Waals surface area contributed by atoms with Gasteiger partial charge in [-0.25, -0.2) is 4.79 Å². The molecule has 0 radical (unpaired) electrons. The van der Waals surface area contributed by atoms with Crippen molar-refractivity contribution in [3.8, 4) is 0 Å². The first-order chi connectivity index (χ1) is 24.2. The number of Topliss-reactive ketones (excluding diaryl/α,β-unsaturated/α-hetero) is 1. The summed E-state index contributed by atoms with van der Waals surface area (Å²) >= 11 is 0. The second kappa shape index (κ2) is 14.4. The summed E-state index contributed by atoms with van der Waals surface area (Å²) in [5, 5.41) is 23.5.